The van der Waals surface area contributed by atoms with Crippen molar-refractivity contribution < 1.29 is 14.3 Å². The molecule has 1 aliphatic rings. The minimum Gasteiger partial charge on any atom is -0.387 e. The van der Waals surface area contributed by atoms with Crippen LogP contribution < -0.4 is 5.32 Å². The van der Waals surface area contributed by atoms with E-state index < -0.39 is 24.1 Å². The van der Waals surface area contributed by atoms with E-state index in [9.17, 15) is 19.6 Å². The maximum absolute atomic E-state index is 13.2. The highest BCUT2D eigenvalue weighted by molar-refractivity contribution is 5.97. The Labute approximate surface area is 195 Å². The van der Waals surface area contributed by atoms with Crippen molar-refractivity contribution in [2.24, 2.45) is 5.92 Å². The number of hydrogen-bond acceptors (Lipinski definition) is 6. The van der Waals surface area contributed by atoms with E-state index in [1.54, 1.807) is 22.9 Å². The Hall–Kier alpha value is -3.90. The average Bonchev–Trinajstić information content (AvgIpc) is 3.40. The molecule has 1 aliphatic carbocycles. The predicted molar refractivity (Wildman–Crippen MR) is 125 cm³/mol. The van der Waals surface area contributed by atoms with Gasteiger partial charge in [0.05, 0.1) is 29.4 Å². The van der Waals surface area contributed by atoms with Crippen LogP contribution in [0.1, 0.15) is 49.2 Å². The molecule has 0 saturated heterocycles. The third kappa shape index (κ3) is 3.76. The van der Waals surface area contributed by atoms with Crippen LogP contribution >= 0.6 is 0 Å². The third-order valence-electron chi connectivity index (χ3n) is 6.20. The van der Waals surface area contributed by atoms with Gasteiger partial charge in [-0.15, -0.1) is 0 Å². The molecule has 2 N–H and O–H groups in total. The van der Waals surface area contributed by atoms with Crippen molar-refractivity contribution in [2.75, 3.05) is 5.32 Å². The number of aliphatic hydroxyl groups excluding tert-OH is 1. The summed E-state index contributed by atoms with van der Waals surface area (Å²) in [5.41, 5.74) is 4.68. The van der Waals surface area contributed by atoms with Crippen molar-refractivity contribution in [1.82, 2.24) is 19.4 Å². The highest BCUT2D eigenvalue weighted by atomic mass is 19.1. The fraction of sp³-hybridized carbons (Fsp3) is 0.320. The number of alkyl halides is 1. The Morgan fingerprint density at radius 1 is 1.26 bits per heavy atom. The van der Waals surface area contributed by atoms with Crippen molar-refractivity contribution in [3.8, 4) is 17.2 Å². The molecule has 8 nitrogen and oxygen atoms in total. The van der Waals surface area contributed by atoms with Crippen molar-refractivity contribution in [2.45, 2.75) is 45.4 Å². The molecule has 4 heterocycles. The largest absolute Gasteiger partial charge is 0.387 e. The number of hydrogen-bond donors (Lipinski definition) is 2. The van der Waals surface area contributed by atoms with Crippen LogP contribution in [0.2, 0.25) is 0 Å². The van der Waals surface area contributed by atoms with E-state index in [0.717, 1.165) is 28.5 Å². The van der Waals surface area contributed by atoms with Crippen LogP contribution in [0.25, 0.3) is 27.7 Å². The zero-order chi connectivity index (χ0) is 24.0. The number of nitriles is 1. The summed E-state index contributed by atoms with van der Waals surface area (Å²) in [6.45, 7) is 3.96. The van der Waals surface area contributed by atoms with Crippen LogP contribution in [0.15, 0.2) is 36.8 Å². The number of rotatable bonds is 6. The molecule has 0 spiro atoms. The first kappa shape index (κ1) is 21.9. The first-order valence-electron chi connectivity index (χ1n) is 11.2. The molecule has 0 bridgehead atoms. The van der Waals surface area contributed by atoms with Gasteiger partial charge in [-0.25, -0.2) is 14.4 Å². The lowest BCUT2D eigenvalue weighted by molar-refractivity contribution is -0.117. The van der Waals surface area contributed by atoms with Gasteiger partial charge in [-0.05, 0) is 37.5 Å². The summed E-state index contributed by atoms with van der Waals surface area (Å²) < 4.78 is 15.0. The van der Waals surface area contributed by atoms with Crippen LogP contribution in [0.3, 0.4) is 0 Å². The van der Waals surface area contributed by atoms with Gasteiger partial charge >= 0.3 is 0 Å². The molecule has 4 aromatic heterocycles. The van der Waals surface area contributed by atoms with Crippen LogP contribution in [-0.4, -0.2) is 36.5 Å². The number of amides is 1. The van der Waals surface area contributed by atoms with Crippen LogP contribution in [0, 0.1) is 24.2 Å². The third-order valence-corrected chi connectivity index (χ3v) is 6.20. The van der Waals surface area contributed by atoms with Gasteiger partial charge < -0.3 is 10.4 Å². The Morgan fingerprint density at radius 3 is 2.74 bits per heavy atom. The summed E-state index contributed by atoms with van der Waals surface area (Å²) in [5.74, 6) is -0.738. The number of carbonyl (C=O) groups is 1. The number of pyridine rings is 3. The van der Waals surface area contributed by atoms with Crippen LogP contribution in [-0.2, 0) is 4.79 Å². The summed E-state index contributed by atoms with van der Waals surface area (Å²) in [6, 6.07) is 7.62. The lowest BCUT2D eigenvalue weighted by atomic mass is 10.00. The SMILES string of the molecule is CCC[C@H](O)c1cc(C)c(-c2cc3cnc(NC(=O)[C@@H]4C[C@@H]4F)cc3n3c(C#N)cnc23)cn1. The Bertz CT molecular complexity index is 1470. The Balaban J connectivity index is 1.63. The van der Waals surface area contributed by atoms with E-state index in [1.165, 1.54) is 6.20 Å². The van der Waals surface area contributed by atoms with E-state index in [4.69, 9.17) is 0 Å². The van der Waals surface area contributed by atoms with Crippen LogP contribution in [0.5, 0.6) is 0 Å². The molecule has 1 amide bonds. The first-order valence-corrected chi connectivity index (χ1v) is 11.2. The zero-order valence-corrected chi connectivity index (χ0v) is 18.8. The second-order valence-corrected chi connectivity index (χ2v) is 8.68. The summed E-state index contributed by atoms with van der Waals surface area (Å²) in [7, 11) is 0. The van der Waals surface area contributed by atoms with E-state index in [2.05, 4.69) is 26.3 Å². The molecule has 1 saturated carbocycles. The number of aryl methyl sites for hydroxylation is 1. The average molecular weight is 458 g/mol. The van der Waals surface area contributed by atoms with Crippen molar-refractivity contribution in [3.05, 3.63) is 53.7 Å². The molecular formula is C25H23FN6O2. The van der Waals surface area contributed by atoms with Crippen molar-refractivity contribution >= 4 is 28.3 Å². The van der Waals surface area contributed by atoms with Crippen LogP contribution in [0.4, 0.5) is 10.2 Å². The van der Waals surface area contributed by atoms with Crippen molar-refractivity contribution in [1.29, 1.82) is 5.26 Å². The van der Waals surface area contributed by atoms with Gasteiger partial charge in [0, 0.05) is 35.0 Å². The molecule has 0 aromatic carbocycles. The molecule has 5 rings (SSSR count). The van der Waals surface area contributed by atoms with E-state index >= 15 is 0 Å². The van der Waals surface area contributed by atoms with Gasteiger partial charge in [-0.2, -0.15) is 5.26 Å². The number of nitrogens with one attached hydrogen (secondary N) is 1. The molecule has 34 heavy (non-hydrogen) atoms. The second-order valence-electron chi connectivity index (χ2n) is 8.68. The van der Waals surface area contributed by atoms with E-state index in [-0.39, 0.29) is 12.2 Å². The minimum absolute atomic E-state index is 0.231. The quantitative estimate of drug-likeness (QED) is 0.446. The zero-order valence-electron chi connectivity index (χ0n) is 18.8. The molecule has 172 valence electrons. The lowest BCUT2D eigenvalue weighted by Gasteiger charge is -2.14. The number of imidazole rings is 1. The van der Waals surface area contributed by atoms with Gasteiger partial charge in [0.15, 0.2) is 0 Å². The number of anilines is 1. The number of aliphatic hydroxyl groups is 1. The Kier molecular flexibility index (Phi) is 5.46. The summed E-state index contributed by atoms with van der Waals surface area (Å²) >= 11 is 0. The molecule has 3 atom stereocenters. The smallest absolute Gasteiger partial charge is 0.231 e. The normalized spacial score (nSPS) is 18.1. The van der Waals surface area contributed by atoms with Gasteiger partial charge in [-0.3, -0.25) is 14.2 Å². The second kappa shape index (κ2) is 8.47. The van der Waals surface area contributed by atoms with Gasteiger partial charge in [0.1, 0.15) is 29.4 Å². The number of carbonyl (C=O) groups excluding carboxylic acids is 1. The van der Waals surface area contributed by atoms with E-state index in [0.29, 0.717) is 29.0 Å². The molecule has 0 aliphatic heterocycles. The highest BCUT2D eigenvalue weighted by Crippen LogP contribution is 2.36. The fourth-order valence-electron chi connectivity index (χ4n) is 4.23. The summed E-state index contributed by atoms with van der Waals surface area (Å²) in [5, 5.41) is 23.4. The maximum atomic E-state index is 13.2. The summed E-state index contributed by atoms with van der Waals surface area (Å²) in [6.07, 6.45) is 4.82. The molecule has 1 fully saturated rings. The molecule has 4 aromatic rings. The standard InChI is InChI=1S/C25H23FN6O2/c1-3-4-22(33)20-5-13(2)18(12-28-20)16-6-14-10-29-23(31-25(34)17-7-19(17)26)8-21(14)32-15(9-27)11-30-24(16)32/h5-6,8,10-12,17,19,22,33H,3-4,7H2,1-2H3,(H,29,31,34)/t17-,19+,22+/m1/s1. The number of fused-ring (bicyclic) bond motifs is 3. The highest BCUT2D eigenvalue weighted by Gasteiger charge is 2.43. The fourth-order valence-corrected chi connectivity index (χ4v) is 4.23. The monoisotopic (exact) mass is 458 g/mol. The van der Waals surface area contributed by atoms with Crippen molar-refractivity contribution in [3.63, 3.8) is 0 Å². The first-order chi connectivity index (χ1) is 16.4. The number of nitrogens with zero attached hydrogens (tertiary/aromatic N) is 5. The number of aromatic nitrogens is 4. The molecule has 9 heteroatoms. The molecule has 0 radical (unpaired) electrons. The van der Waals surface area contributed by atoms with Gasteiger partial charge in [-0.1, -0.05) is 13.3 Å². The topological polar surface area (TPSA) is 116 Å². The Morgan fingerprint density at radius 2 is 2.06 bits per heavy atom. The molecular weight excluding hydrogens is 435 g/mol. The minimum atomic E-state index is -1.10. The predicted octanol–water partition coefficient (Wildman–Crippen LogP) is 4.25. The molecule has 0 unspecified atom stereocenters. The van der Waals surface area contributed by atoms with Gasteiger partial charge in [0.2, 0.25) is 5.91 Å². The lowest BCUT2D eigenvalue weighted by Crippen LogP contribution is -2.16. The summed E-state index contributed by atoms with van der Waals surface area (Å²) in [4.78, 5) is 25.5. The maximum Gasteiger partial charge on any atom is 0.231 e. The van der Waals surface area contributed by atoms with E-state index in [1.807, 2.05) is 26.0 Å². The number of halogens is 1. The van der Waals surface area contributed by atoms with Gasteiger partial charge in [0.25, 0.3) is 0 Å².